The van der Waals surface area contributed by atoms with Crippen molar-refractivity contribution in [1.29, 1.82) is 0 Å². The van der Waals surface area contributed by atoms with Crippen LogP contribution >= 0.6 is 0 Å². The number of halogens is 1. The fourth-order valence-electron chi connectivity index (χ4n) is 2.03. The Balaban J connectivity index is 2.33. The van der Waals surface area contributed by atoms with Gasteiger partial charge in [0, 0.05) is 0 Å². The number of aromatic nitrogens is 1. The quantitative estimate of drug-likeness (QED) is 0.589. The van der Waals surface area contributed by atoms with Gasteiger partial charge in [-0.15, -0.1) is 0 Å². The Bertz CT molecular complexity index is 819. The summed E-state index contributed by atoms with van der Waals surface area (Å²) in [6.07, 6.45) is 7.72. The van der Waals surface area contributed by atoms with Gasteiger partial charge in [0.25, 0.3) is 0 Å². The molecule has 0 spiro atoms. The van der Waals surface area contributed by atoms with E-state index in [2.05, 4.69) is 16.2 Å². The molecule has 25 heavy (non-hydrogen) atoms. The van der Waals surface area contributed by atoms with Crippen LogP contribution in [0, 0.1) is 18.2 Å². The van der Waals surface area contributed by atoms with E-state index in [0.29, 0.717) is 26.6 Å². The van der Waals surface area contributed by atoms with Crippen molar-refractivity contribution in [1.82, 2.24) is 10.3 Å². The van der Waals surface area contributed by atoms with Crippen molar-refractivity contribution < 1.29 is 13.9 Å². The van der Waals surface area contributed by atoms with E-state index < -0.39 is 21.3 Å². The summed E-state index contributed by atoms with van der Waals surface area (Å²) in [7, 11) is 1.53. The van der Waals surface area contributed by atoms with E-state index in [9.17, 15) is 9.18 Å². The van der Waals surface area contributed by atoms with Crippen LogP contribution in [0.1, 0.15) is 30.6 Å². The third-order valence-electron chi connectivity index (χ3n) is 3.83. The summed E-state index contributed by atoms with van der Waals surface area (Å²) in [5.41, 5.74) is -0.318. The summed E-state index contributed by atoms with van der Waals surface area (Å²) in [6.45, 7) is 3.69. The second kappa shape index (κ2) is 8.18. The zero-order chi connectivity index (χ0) is 18.4. The molecule has 1 aromatic carbocycles. The number of amides is 1. The number of carbonyl (C=O) groups excluding carboxylic acids is 1. The molecule has 6 heteroatoms. The van der Waals surface area contributed by atoms with Gasteiger partial charge in [0.2, 0.25) is 0 Å². The SMILES string of the molecule is C#CC(C)(CC)NC(=O)c1cccnc1[As]c1cc(OC)ccc1F. The first-order chi connectivity index (χ1) is 11.9. The van der Waals surface area contributed by atoms with E-state index in [0.717, 1.165) is 0 Å². The zero-order valence-electron chi connectivity index (χ0n) is 14.3. The van der Waals surface area contributed by atoms with Crippen molar-refractivity contribution in [2.75, 3.05) is 7.11 Å². The average Bonchev–Trinajstić information content (AvgIpc) is 2.63. The number of nitrogens with zero attached hydrogens (tertiary/aromatic N) is 1. The van der Waals surface area contributed by atoms with Crippen molar-refractivity contribution in [3.63, 3.8) is 0 Å². The maximum absolute atomic E-state index is 14.1. The van der Waals surface area contributed by atoms with Gasteiger partial charge in [0.15, 0.2) is 0 Å². The third-order valence-corrected chi connectivity index (χ3v) is 6.24. The van der Waals surface area contributed by atoms with E-state index in [1.165, 1.54) is 13.2 Å². The van der Waals surface area contributed by atoms with Gasteiger partial charge >= 0.3 is 154 Å². The topological polar surface area (TPSA) is 51.2 Å². The number of methoxy groups -OCH3 is 1. The number of ether oxygens (including phenoxy) is 1. The first-order valence-corrected chi connectivity index (χ1v) is 9.60. The van der Waals surface area contributed by atoms with Crippen molar-refractivity contribution in [2.45, 2.75) is 25.8 Å². The Labute approximate surface area is 153 Å². The molecule has 1 unspecified atom stereocenters. The standard InChI is InChI=1S/C19H19AsFN2O2/c1-5-19(3,6-2)23-18(24)14-8-7-11-22-17(14)20-15-12-13(25-4)9-10-16(15)21/h1,7-12H,6H2,2-4H3,(H,23,24). The molecule has 1 N–H and O–H groups in total. The maximum atomic E-state index is 14.1. The van der Waals surface area contributed by atoms with Gasteiger partial charge in [0.05, 0.1) is 0 Å². The Morgan fingerprint density at radius 3 is 2.88 bits per heavy atom. The summed E-state index contributed by atoms with van der Waals surface area (Å²) in [5, 5.41) is 2.85. The van der Waals surface area contributed by atoms with E-state index >= 15 is 0 Å². The average molecular weight is 401 g/mol. The Kier molecular flexibility index (Phi) is 6.22. The normalized spacial score (nSPS) is 13.2. The van der Waals surface area contributed by atoms with Crippen LogP contribution in [-0.2, 0) is 0 Å². The van der Waals surface area contributed by atoms with E-state index in [-0.39, 0.29) is 11.7 Å². The van der Waals surface area contributed by atoms with Gasteiger partial charge in [-0.1, -0.05) is 0 Å². The van der Waals surface area contributed by atoms with Crippen LogP contribution in [0.2, 0.25) is 0 Å². The fourth-order valence-corrected chi connectivity index (χ4v) is 4.17. The van der Waals surface area contributed by atoms with Crippen molar-refractivity contribution in [3.05, 3.63) is 47.9 Å². The number of terminal acetylenes is 1. The monoisotopic (exact) mass is 401 g/mol. The molecule has 129 valence electrons. The predicted molar refractivity (Wildman–Crippen MR) is 97.2 cm³/mol. The summed E-state index contributed by atoms with van der Waals surface area (Å²) < 4.78 is 20.3. The molecular formula is C19H19AsFN2O2. The Morgan fingerprint density at radius 1 is 1.48 bits per heavy atom. The molecule has 0 saturated carbocycles. The van der Waals surface area contributed by atoms with Crippen molar-refractivity contribution in [2.24, 2.45) is 0 Å². The zero-order valence-corrected chi connectivity index (χ0v) is 16.2. The fraction of sp³-hybridized carbons (Fsp3) is 0.263. The van der Waals surface area contributed by atoms with Crippen molar-refractivity contribution >= 4 is 30.5 Å². The van der Waals surface area contributed by atoms with Crippen LogP contribution < -0.4 is 18.9 Å². The minimum atomic E-state index is -0.828. The van der Waals surface area contributed by atoms with E-state index in [1.54, 1.807) is 37.4 Å². The summed E-state index contributed by atoms with van der Waals surface area (Å²) in [5.74, 6) is 2.53. The molecule has 1 aromatic heterocycles. The number of carbonyl (C=O) groups is 1. The van der Waals surface area contributed by atoms with Gasteiger partial charge in [0.1, 0.15) is 0 Å². The second-order valence-electron chi connectivity index (χ2n) is 5.59. The molecule has 0 saturated heterocycles. The Morgan fingerprint density at radius 2 is 2.24 bits per heavy atom. The molecular weight excluding hydrogens is 382 g/mol. The number of pyridine rings is 1. The van der Waals surface area contributed by atoms with Gasteiger partial charge in [-0.3, -0.25) is 0 Å². The van der Waals surface area contributed by atoms with Crippen LogP contribution in [0.25, 0.3) is 0 Å². The molecule has 0 aliphatic carbocycles. The minimum absolute atomic E-state index is 0.302. The summed E-state index contributed by atoms with van der Waals surface area (Å²) in [6, 6.07) is 7.92. The van der Waals surface area contributed by atoms with Gasteiger partial charge < -0.3 is 0 Å². The van der Waals surface area contributed by atoms with E-state index in [4.69, 9.17) is 11.2 Å². The first-order valence-electron chi connectivity index (χ1n) is 7.73. The van der Waals surface area contributed by atoms with Crippen LogP contribution in [-0.4, -0.2) is 39.3 Å². The molecule has 2 rings (SSSR count). The van der Waals surface area contributed by atoms with Crippen molar-refractivity contribution in [3.8, 4) is 18.1 Å². The number of nitrogens with one attached hydrogen (secondary N) is 1. The third kappa shape index (κ3) is 4.61. The molecule has 1 amide bonds. The van der Waals surface area contributed by atoms with Gasteiger partial charge in [-0.2, -0.15) is 0 Å². The van der Waals surface area contributed by atoms with Crippen LogP contribution in [0.4, 0.5) is 4.39 Å². The Hall–Kier alpha value is -2.31. The van der Waals surface area contributed by atoms with Crippen LogP contribution in [0.15, 0.2) is 36.5 Å². The molecule has 0 aliphatic rings. The predicted octanol–water partition coefficient (Wildman–Crippen LogP) is 1.42. The molecule has 1 radical (unpaired) electrons. The van der Waals surface area contributed by atoms with Crippen LogP contribution in [0.3, 0.4) is 0 Å². The second-order valence-corrected chi connectivity index (χ2v) is 7.96. The first kappa shape index (κ1) is 19.0. The van der Waals surface area contributed by atoms with Crippen LogP contribution in [0.5, 0.6) is 5.75 Å². The number of rotatable bonds is 6. The van der Waals surface area contributed by atoms with Gasteiger partial charge in [-0.25, -0.2) is 0 Å². The molecule has 0 bridgehead atoms. The summed E-state index contributed by atoms with van der Waals surface area (Å²) in [4.78, 5) is 16.9. The number of benzene rings is 1. The summed E-state index contributed by atoms with van der Waals surface area (Å²) >= 11 is -0.828. The number of hydrogen-bond donors (Lipinski definition) is 1. The molecule has 0 aliphatic heterocycles. The number of hydrogen-bond acceptors (Lipinski definition) is 3. The van der Waals surface area contributed by atoms with Gasteiger partial charge in [-0.05, 0) is 0 Å². The molecule has 1 heterocycles. The molecule has 2 aromatic rings. The van der Waals surface area contributed by atoms with E-state index in [1.807, 2.05) is 6.92 Å². The molecule has 0 fully saturated rings. The molecule has 1 atom stereocenters. The molecule has 4 nitrogen and oxygen atoms in total.